The molecule has 0 amide bonds. The normalized spacial score (nSPS) is 14.1. The molecule has 2 atom stereocenters. The Morgan fingerprint density at radius 3 is 2.70 bits per heavy atom. The minimum Gasteiger partial charge on any atom is -0.489 e. The van der Waals surface area contributed by atoms with E-state index in [9.17, 15) is 10.2 Å². The van der Waals surface area contributed by atoms with Gasteiger partial charge in [-0.05, 0) is 31.5 Å². The molecule has 1 aromatic carbocycles. The summed E-state index contributed by atoms with van der Waals surface area (Å²) < 4.78 is 5.42. The molecule has 0 saturated carbocycles. The first-order valence-corrected chi connectivity index (χ1v) is 7.43. The van der Waals surface area contributed by atoms with Crippen molar-refractivity contribution in [3.05, 3.63) is 28.2 Å². The number of hydrogen-bond donors (Lipinski definition) is 3. The molecule has 3 N–H and O–H groups in total. The maximum atomic E-state index is 9.77. The molecule has 1 rings (SSSR count). The standard InChI is InChI=1S/C14H21Cl2NO3/c1-2-11(18)5-6-17-8-12(19)9-20-14-7-10(15)3-4-13(14)16/h3-4,7,11-12,17-19H,2,5-6,8-9H2,1H3. The zero-order valence-corrected chi connectivity index (χ0v) is 13.0. The molecule has 4 nitrogen and oxygen atoms in total. The highest BCUT2D eigenvalue weighted by Crippen LogP contribution is 2.27. The molecule has 0 heterocycles. The molecule has 0 radical (unpaired) electrons. The Morgan fingerprint density at radius 2 is 2.00 bits per heavy atom. The van der Waals surface area contributed by atoms with Crippen LogP contribution in [0.4, 0.5) is 0 Å². The number of hydrogen-bond acceptors (Lipinski definition) is 4. The Bertz CT molecular complexity index is 404. The SMILES string of the molecule is CCC(O)CCNCC(O)COc1cc(Cl)ccc1Cl. The third-order valence-electron chi connectivity index (χ3n) is 2.83. The molecule has 0 spiro atoms. The molecular formula is C14H21Cl2NO3. The fraction of sp³-hybridized carbons (Fsp3) is 0.571. The van der Waals surface area contributed by atoms with Crippen LogP contribution in [0.3, 0.4) is 0 Å². The number of ether oxygens (including phenoxy) is 1. The number of benzene rings is 1. The van der Waals surface area contributed by atoms with Gasteiger partial charge in [-0.2, -0.15) is 0 Å². The number of nitrogens with one attached hydrogen (secondary N) is 1. The van der Waals surface area contributed by atoms with Crippen molar-refractivity contribution in [3.63, 3.8) is 0 Å². The predicted octanol–water partition coefficient (Wildman–Crippen LogP) is 2.48. The van der Waals surface area contributed by atoms with Crippen molar-refractivity contribution < 1.29 is 14.9 Å². The van der Waals surface area contributed by atoms with Crippen LogP contribution < -0.4 is 10.1 Å². The smallest absolute Gasteiger partial charge is 0.139 e. The maximum absolute atomic E-state index is 9.77. The Labute approximate surface area is 129 Å². The Morgan fingerprint density at radius 1 is 1.25 bits per heavy atom. The summed E-state index contributed by atoms with van der Waals surface area (Å²) >= 11 is 11.8. The van der Waals surface area contributed by atoms with E-state index in [0.717, 1.165) is 6.42 Å². The van der Waals surface area contributed by atoms with Crippen LogP contribution >= 0.6 is 23.2 Å². The summed E-state index contributed by atoms with van der Waals surface area (Å²) in [7, 11) is 0. The number of aliphatic hydroxyl groups is 2. The van der Waals surface area contributed by atoms with Crippen LogP contribution in [-0.4, -0.2) is 42.1 Å². The van der Waals surface area contributed by atoms with Crippen molar-refractivity contribution in [2.45, 2.75) is 32.0 Å². The lowest BCUT2D eigenvalue weighted by Gasteiger charge is -2.15. The van der Waals surface area contributed by atoms with Gasteiger partial charge in [0, 0.05) is 17.6 Å². The van der Waals surface area contributed by atoms with Crippen molar-refractivity contribution in [1.82, 2.24) is 5.32 Å². The highest BCUT2D eigenvalue weighted by atomic mass is 35.5. The Kier molecular flexibility index (Phi) is 8.26. The number of aliphatic hydroxyl groups excluding tert-OH is 2. The van der Waals surface area contributed by atoms with Crippen LogP contribution in [0.1, 0.15) is 19.8 Å². The van der Waals surface area contributed by atoms with Crippen molar-refractivity contribution >= 4 is 23.2 Å². The lowest BCUT2D eigenvalue weighted by molar-refractivity contribution is 0.104. The molecular weight excluding hydrogens is 301 g/mol. The van der Waals surface area contributed by atoms with E-state index in [1.165, 1.54) is 0 Å². The molecule has 0 fully saturated rings. The molecule has 1 aromatic rings. The minimum absolute atomic E-state index is 0.128. The van der Waals surface area contributed by atoms with Crippen molar-refractivity contribution in [2.24, 2.45) is 0 Å². The van der Waals surface area contributed by atoms with Gasteiger partial charge in [-0.1, -0.05) is 30.1 Å². The van der Waals surface area contributed by atoms with Gasteiger partial charge in [0.2, 0.25) is 0 Å². The second kappa shape index (κ2) is 9.42. The molecule has 0 aromatic heterocycles. The minimum atomic E-state index is -0.649. The fourth-order valence-electron chi connectivity index (χ4n) is 1.57. The fourth-order valence-corrected chi connectivity index (χ4v) is 1.91. The predicted molar refractivity (Wildman–Crippen MR) is 81.7 cm³/mol. The summed E-state index contributed by atoms with van der Waals surface area (Å²) in [5, 5.41) is 23.2. The van der Waals surface area contributed by atoms with Gasteiger partial charge in [-0.3, -0.25) is 0 Å². The van der Waals surface area contributed by atoms with Gasteiger partial charge in [-0.25, -0.2) is 0 Å². The molecule has 114 valence electrons. The van der Waals surface area contributed by atoms with Gasteiger partial charge >= 0.3 is 0 Å². The summed E-state index contributed by atoms with van der Waals surface area (Å²) in [6.45, 7) is 3.12. The first-order chi connectivity index (χ1) is 9.52. The first-order valence-electron chi connectivity index (χ1n) is 6.67. The highest BCUT2D eigenvalue weighted by molar-refractivity contribution is 6.34. The lowest BCUT2D eigenvalue weighted by atomic mass is 10.2. The van der Waals surface area contributed by atoms with E-state index in [0.29, 0.717) is 35.3 Å². The quantitative estimate of drug-likeness (QED) is 0.611. The summed E-state index contributed by atoms with van der Waals surface area (Å²) in [6.07, 6.45) is 0.468. The van der Waals surface area contributed by atoms with Crippen molar-refractivity contribution in [2.75, 3.05) is 19.7 Å². The average Bonchev–Trinajstić information content (AvgIpc) is 2.44. The second-order valence-electron chi connectivity index (χ2n) is 4.59. The third-order valence-corrected chi connectivity index (χ3v) is 3.38. The molecule has 0 aliphatic rings. The largest absolute Gasteiger partial charge is 0.489 e. The molecule has 0 bridgehead atoms. The van der Waals surface area contributed by atoms with Crippen LogP contribution in [-0.2, 0) is 0 Å². The molecule has 6 heteroatoms. The van der Waals surface area contributed by atoms with Gasteiger partial charge in [0.1, 0.15) is 18.5 Å². The molecule has 2 unspecified atom stereocenters. The summed E-state index contributed by atoms with van der Waals surface area (Å²) in [6, 6.07) is 4.94. The zero-order chi connectivity index (χ0) is 15.0. The van der Waals surface area contributed by atoms with Gasteiger partial charge in [0.05, 0.1) is 11.1 Å². The van der Waals surface area contributed by atoms with Gasteiger partial charge < -0.3 is 20.3 Å². The van der Waals surface area contributed by atoms with E-state index < -0.39 is 6.10 Å². The first kappa shape index (κ1) is 17.5. The molecule has 0 aliphatic heterocycles. The monoisotopic (exact) mass is 321 g/mol. The summed E-state index contributed by atoms with van der Waals surface area (Å²) in [5.74, 6) is 0.458. The van der Waals surface area contributed by atoms with E-state index in [4.69, 9.17) is 27.9 Å². The van der Waals surface area contributed by atoms with Crippen LogP contribution in [0.15, 0.2) is 18.2 Å². The van der Waals surface area contributed by atoms with Crippen LogP contribution in [0.2, 0.25) is 10.0 Å². The van der Waals surface area contributed by atoms with E-state index in [2.05, 4.69) is 5.32 Å². The summed E-state index contributed by atoms with van der Waals surface area (Å²) in [5.41, 5.74) is 0. The Balaban J connectivity index is 2.22. The lowest BCUT2D eigenvalue weighted by Crippen LogP contribution is -2.33. The van der Waals surface area contributed by atoms with E-state index >= 15 is 0 Å². The Hall–Kier alpha value is -0.520. The van der Waals surface area contributed by atoms with Crippen LogP contribution in [0, 0.1) is 0 Å². The third kappa shape index (κ3) is 6.77. The van der Waals surface area contributed by atoms with Gasteiger partial charge in [-0.15, -0.1) is 0 Å². The van der Waals surface area contributed by atoms with E-state index in [-0.39, 0.29) is 12.7 Å². The topological polar surface area (TPSA) is 61.7 Å². The van der Waals surface area contributed by atoms with Crippen LogP contribution in [0.25, 0.3) is 0 Å². The van der Waals surface area contributed by atoms with Crippen molar-refractivity contribution in [3.8, 4) is 5.75 Å². The van der Waals surface area contributed by atoms with E-state index in [1.54, 1.807) is 18.2 Å². The maximum Gasteiger partial charge on any atom is 0.139 e. The second-order valence-corrected chi connectivity index (χ2v) is 5.44. The number of halogens is 2. The highest BCUT2D eigenvalue weighted by Gasteiger charge is 2.08. The average molecular weight is 322 g/mol. The summed E-state index contributed by atoms with van der Waals surface area (Å²) in [4.78, 5) is 0. The van der Waals surface area contributed by atoms with Gasteiger partial charge in [0.25, 0.3) is 0 Å². The van der Waals surface area contributed by atoms with Crippen molar-refractivity contribution in [1.29, 1.82) is 0 Å². The molecule has 0 aliphatic carbocycles. The molecule has 20 heavy (non-hydrogen) atoms. The number of rotatable bonds is 9. The zero-order valence-electron chi connectivity index (χ0n) is 11.5. The van der Waals surface area contributed by atoms with Gasteiger partial charge in [0.15, 0.2) is 0 Å². The molecule has 0 saturated heterocycles. The van der Waals surface area contributed by atoms with E-state index in [1.807, 2.05) is 6.92 Å². The van der Waals surface area contributed by atoms with Crippen LogP contribution in [0.5, 0.6) is 5.75 Å².